The highest BCUT2D eigenvalue weighted by molar-refractivity contribution is 7.90. The zero-order valence-corrected chi connectivity index (χ0v) is 10.9. The lowest BCUT2D eigenvalue weighted by Crippen LogP contribution is -2.05. The smallest absolute Gasteiger partial charge is 0.182 e. The van der Waals surface area contributed by atoms with Gasteiger partial charge >= 0.3 is 0 Å². The molecule has 0 spiro atoms. The van der Waals surface area contributed by atoms with E-state index >= 15 is 0 Å². The van der Waals surface area contributed by atoms with Gasteiger partial charge in [0.05, 0.1) is 10.6 Å². The lowest BCUT2D eigenvalue weighted by Gasteiger charge is -2.06. The summed E-state index contributed by atoms with van der Waals surface area (Å²) in [6, 6.07) is 13.8. The van der Waals surface area contributed by atoms with E-state index in [0.29, 0.717) is 16.1 Å². The number of sulfone groups is 1. The quantitative estimate of drug-likeness (QED) is 0.864. The van der Waals surface area contributed by atoms with Crippen molar-refractivity contribution in [1.29, 1.82) is 0 Å². The second-order valence-electron chi connectivity index (χ2n) is 4.26. The topological polar surface area (TPSA) is 60.2 Å². The third kappa shape index (κ3) is 2.71. The molecule has 0 aromatic heterocycles. The SMILES string of the molecule is Cc1ccc(CS(=O)(=O)c2ccccc2)cc1N. The third-order valence-corrected chi connectivity index (χ3v) is 4.51. The molecular formula is C14H15NO2S. The molecule has 0 unspecified atom stereocenters. The van der Waals surface area contributed by atoms with Crippen LogP contribution >= 0.6 is 0 Å². The first-order chi connectivity index (χ1) is 8.49. The van der Waals surface area contributed by atoms with Crippen molar-refractivity contribution in [3.63, 3.8) is 0 Å². The molecule has 0 aliphatic heterocycles. The molecule has 18 heavy (non-hydrogen) atoms. The van der Waals surface area contributed by atoms with Crippen LogP contribution in [0.3, 0.4) is 0 Å². The largest absolute Gasteiger partial charge is 0.399 e. The van der Waals surface area contributed by atoms with Crippen molar-refractivity contribution in [3.8, 4) is 0 Å². The van der Waals surface area contributed by atoms with Gasteiger partial charge in [-0.2, -0.15) is 0 Å². The molecule has 2 aromatic rings. The van der Waals surface area contributed by atoms with Crippen LogP contribution in [0.4, 0.5) is 5.69 Å². The van der Waals surface area contributed by atoms with Gasteiger partial charge < -0.3 is 5.73 Å². The lowest BCUT2D eigenvalue weighted by molar-refractivity contribution is 0.595. The van der Waals surface area contributed by atoms with Crippen LogP contribution in [0.15, 0.2) is 53.4 Å². The minimum absolute atomic E-state index is 0.0263. The summed E-state index contributed by atoms with van der Waals surface area (Å²) in [7, 11) is -3.30. The number of benzene rings is 2. The molecule has 2 aromatic carbocycles. The standard InChI is InChI=1S/C14H15NO2S/c1-11-7-8-12(9-14(11)15)10-18(16,17)13-5-3-2-4-6-13/h2-9H,10,15H2,1H3. The minimum atomic E-state index is -3.30. The van der Waals surface area contributed by atoms with Crippen molar-refractivity contribution in [3.05, 3.63) is 59.7 Å². The van der Waals surface area contributed by atoms with Crippen LogP contribution in [-0.4, -0.2) is 8.42 Å². The first kappa shape index (κ1) is 12.6. The molecule has 0 fully saturated rings. The Morgan fingerprint density at radius 1 is 1.06 bits per heavy atom. The van der Waals surface area contributed by atoms with Crippen molar-refractivity contribution in [2.75, 3.05) is 5.73 Å². The molecular weight excluding hydrogens is 246 g/mol. The molecule has 94 valence electrons. The molecule has 0 bridgehead atoms. The Balaban J connectivity index is 2.31. The van der Waals surface area contributed by atoms with Crippen LogP contribution in [0.5, 0.6) is 0 Å². The Labute approximate surface area is 107 Å². The highest BCUT2D eigenvalue weighted by atomic mass is 32.2. The van der Waals surface area contributed by atoms with Crippen LogP contribution in [0.1, 0.15) is 11.1 Å². The van der Waals surface area contributed by atoms with Gasteiger partial charge in [0.1, 0.15) is 0 Å². The second kappa shape index (κ2) is 4.82. The first-order valence-corrected chi connectivity index (χ1v) is 7.27. The van der Waals surface area contributed by atoms with Crippen molar-refractivity contribution < 1.29 is 8.42 Å². The van der Waals surface area contributed by atoms with E-state index in [4.69, 9.17) is 5.73 Å². The van der Waals surface area contributed by atoms with Crippen molar-refractivity contribution in [2.45, 2.75) is 17.6 Å². The van der Waals surface area contributed by atoms with Crippen LogP contribution in [0, 0.1) is 6.92 Å². The first-order valence-electron chi connectivity index (χ1n) is 5.62. The van der Waals surface area contributed by atoms with Gasteiger partial charge in [-0.1, -0.05) is 30.3 Å². The highest BCUT2D eigenvalue weighted by Gasteiger charge is 2.14. The molecule has 0 saturated heterocycles. The van der Waals surface area contributed by atoms with Crippen molar-refractivity contribution in [1.82, 2.24) is 0 Å². The molecule has 0 aliphatic carbocycles. The summed E-state index contributed by atoms with van der Waals surface area (Å²) >= 11 is 0. The highest BCUT2D eigenvalue weighted by Crippen LogP contribution is 2.19. The minimum Gasteiger partial charge on any atom is -0.399 e. The number of hydrogen-bond acceptors (Lipinski definition) is 3. The Bertz CT molecular complexity index is 649. The van der Waals surface area contributed by atoms with E-state index in [0.717, 1.165) is 5.56 Å². The summed E-state index contributed by atoms with van der Waals surface area (Å²) < 4.78 is 24.3. The monoisotopic (exact) mass is 261 g/mol. The Kier molecular flexibility index (Phi) is 3.39. The molecule has 0 radical (unpaired) electrons. The Morgan fingerprint density at radius 2 is 1.72 bits per heavy atom. The summed E-state index contributed by atoms with van der Waals surface area (Å²) in [5, 5.41) is 0. The second-order valence-corrected chi connectivity index (χ2v) is 6.25. The predicted molar refractivity (Wildman–Crippen MR) is 72.9 cm³/mol. The fourth-order valence-electron chi connectivity index (χ4n) is 1.71. The van der Waals surface area contributed by atoms with Crippen LogP contribution in [0.2, 0.25) is 0 Å². The fourth-order valence-corrected chi connectivity index (χ4v) is 3.07. The van der Waals surface area contributed by atoms with Crippen LogP contribution < -0.4 is 5.73 Å². The van der Waals surface area contributed by atoms with Crippen LogP contribution in [-0.2, 0) is 15.6 Å². The Hall–Kier alpha value is -1.81. The van der Waals surface area contributed by atoms with Crippen molar-refractivity contribution >= 4 is 15.5 Å². The van der Waals surface area contributed by atoms with Gasteiger partial charge in [-0.05, 0) is 36.2 Å². The average molecular weight is 261 g/mol. The third-order valence-electron chi connectivity index (χ3n) is 2.80. The number of anilines is 1. The van der Waals surface area contributed by atoms with Gasteiger partial charge in [-0.25, -0.2) is 8.42 Å². The van der Waals surface area contributed by atoms with Crippen LogP contribution in [0.25, 0.3) is 0 Å². The van der Waals surface area contributed by atoms with E-state index in [9.17, 15) is 8.42 Å². The molecule has 0 heterocycles. The maximum atomic E-state index is 12.2. The zero-order valence-electron chi connectivity index (χ0n) is 10.1. The van der Waals surface area contributed by atoms with Gasteiger partial charge in [0, 0.05) is 5.69 Å². The fraction of sp³-hybridized carbons (Fsp3) is 0.143. The van der Waals surface area contributed by atoms with Gasteiger partial charge in [0.2, 0.25) is 0 Å². The molecule has 2 rings (SSSR count). The van der Waals surface area contributed by atoms with E-state index in [1.807, 2.05) is 13.0 Å². The summed E-state index contributed by atoms with van der Waals surface area (Å²) in [6.07, 6.45) is 0. The van der Waals surface area contributed by atoms with E-state index in [2.05, 4.69) is 0 Å². The summed E-state index contributed by atoms with van der Waals surface area (Å²) in [4.78, 5) is 0.337. The van der Waals surface area contributed by atoms with Gasteiger partial charge in [0.15, 0.2) is 9.84 Å². The number of rotatable bonds is 3. The summed E-state index contributed by atoms with van der Waals surface area (Å²) in [5.41, 5.74) is 8.07. The van der Waals surface area contributed by atoms with E-state index < -0.39 is 9.84 Å². The lowest BCUT2D eigenvalue weighted by atomic mass is 10.1. The number of aryl methyl sites for hydroxylation is 1. The van der Waals surface area contributed by atoms with E-state index in [1.54, 1.807) is 42.5 Å². The summed E-state index contributed by atoms with van der Waals surface area (Å²) in [6.45, 7) is 1.89. The number of nitrogen functional groups attached to an aromatic ring is 1. The molecule has 0 amide bonds. The average Bonchev–Trinajstić information content (AvgIpc) is 2.35. The maximum absolute atomic E-state index is 12.2. The number of nitrogens with two attached hydrogens (primary N) is 1. The molecule has 4 heteroatoms. The van der Waals surface area contributed by atoms with Crippen molar-refractivity contribution in [2.24, 2.45) is 0 Å². The zero-order chi connectivity index (χ0) is 13.2. The molecule has 0 saturated carbocycles. The molecule has 0 aliphatic rings. The maximum Gasteiger partial charge on any atom is 0.182 e. The van der Waals surface area contributed by atoms with Gasteiger partial charge in [-0.15, -0.1) is 0 Å². The predicted octanol–water partition coefficient (Wildman–Crippen LogP) is 2.55. The van der Waals surface area contributed by atoms with Gasteiger partial charge in [-0.3, -0.25) is 0 Å². The normalized spacial score (nSPS) is 11.4. The van der Waals surface area contributed by atoms with Gasteiger partial charge in [0.25, 0.3) is 0 Å². The molecule has 0 atom stereocenters. The van der Waals surface area contributed by atoms with E-state index in [-0.39, 0.29) is 5.75 Å². The molecule has 3 nitrogen and oxygen atoms in total. The summed E-state index contributed by atoms with van der Waals surface area (Å²) in [5.74, 6) is -0.0263. The number of hydrogen-bond donors (Lipinski definition) is 1. The molecule has 2 N–H and O–H groups in total. The Morgan fingerprint density at radius 3 is 2.33 bits per heavy atom. The van der Waals surface area contributed by atoms with E-state index in [1.165, 1.54) is 0 Å².